The molecule has 1 atom stereocenters. The normalized spacial score (nSPS) is 15.3. The van der Waals surface area contributed by atoms with Crippen LogP contribution in [0, 0.1) is 6.92 Å². The highest BCUT2D eigenvalue weighted by Crippen LogP contribution is 2.40. The number of nitrogens with zero attached hydrogens (tertiary/aromatic N) is 4. The average Bonchev–Trinajstić information content (AvgIpc) is 3.27. The number of pyridine rings is 1. The summed E-state index contributed by atoms with van der Waals surface area (Å²) in [6, 6.07) is 3.70. The van der Waals surface area contributed by atoms with Gasteiger partial charge in [0, 0.05) is 31.0 Å². The molecule has 26 heavy (non-hydrogen) atoms. The van der Waals surface area contributed by atoms with E-state index >= 15 is 0 Å². The molecule has 1 unspecified atom stereocenters. The largest absolute Gasteiger partial charge is 0.382 e. The highest BCUT2D eigenvalue weighted by atomic mass is 16.5. The van der Waals surface area contributed by atoms with Gasteiger partial charge in [0.05, 0.1) is 29.3 Å². The van der Waals surface area contributed by atoms with Crippen LogP contribution in [-0.2, 0) is 4.74 Å². The molecule has 8 heteroatoms. The lowest BCUT2D eigenvalue weighted by Gasteiger charge is -2.10. The van der Waals surface area contributed by atoms with E-state index < -0.39 is 0 Å². The predicted octanol–water partition coefficient (Wildman–Crippen LogP) is 3.06. The fourth-order valence-electron chi connectivity index (χ4n) is 3.03. The third kappa shape index (κ3) is 3.08. The number of fused-ring (bicyclic) bond motifs is 1. The van der Waals surface area contributed by atoms with Gasteiger partial charge >= 0.3 is 0 Å². The van der Waals surface area contributed by atoms with Gasteiger partial charge < -0.3 is 14.6 Å². The van der Waals surface area contributed by atoms with Gasteiger partial charge in [-0.15, -0.1) is 0 Å². The third-order valence-electron chi connectivity index (χ3n) is 4.59. The maximum absolute atomic E-state index is 12.9. The number of anilines is 1. The molecule has 0 aliphatic heterocycles. The lowest BCUT2D eigenvalue weighted by Crippen LogP contribution is -2.15. The Bertz CT molecular complexity index is 957. The Labute approximate surface area is 150 Å². The van der Waals surface area contributed by atoms with E-state index in [1.807, 2.05) is 26.1 Å². The first kappa shape index (κ1) is 16.7. The lowest BCUT2D eigenvalue weighted by molar-refractivity contribution is 0.102. The predicted molar refractivity (Wildman–Crippen MR) is 95.3 cm³/mol. The van der Waals surface area contributed by atoms with Crippen LogP contribution in [0.1, 0.15) is 53.5 Å². The number of nitrogens with one attached hydrogen (secondary N) is 1. The van der Waals surface area contributed by atoms with Gasteiger partial charge in [-0.2, -0.15) is 5.10 Å². The van der Waals surface area contributed by atoms with E-state index in [-0.39, 0.29) is 11.9 Å². The Morgan fingerprint density at radius 2 is 2.31 bits per heavy atom. The Hall–Kier alpha value is -2.74. The van der Waals surface area contributed by atoms with E-state index in [0.29, 0.717) is 40.7 Å². The number of aromatic nitrogens is 4. The second-order valence-corrected chi connectivity index (χ2v) is 6.76. The van der Waals surface area contributed by atoms with E-state index in [9.17, 15) is 4.79 Å². The van der Waals surface area contributed by atoms with Crippen molar-refractivity contribution < 1.29 is 14.1 Å². The smallest absolute Gasteiger partial charge is 0.259 e. The summed E-state index contributed by atoms with van der Waals surface area (Å²) in [5.74, 6) is 0.658. The minimum atomic E-state index is -0.241. The van der Waals surface area contributed by atoms with Crippen molar-refractivity contribution in [3.05, 3.63) is 35.3 Å². The molecule has 3 aromatic rings. The van der Waals surface area contributed by atoms with Gasteiger partial charge in [0.1, 0.15) is 0 Å². The standard InChI is InChI=1S/C18H21N5O3/c1-10(9-25-3)23-7-6-15(21-23)20-17(24)13-8-14(12-4-5-12)19-18-16(13)11(2)22-26-18/h6-8,10,12H,4-5,9H2,1-3H3,(H,20,21,24). The molecule has 0 radical (unpaired) electrons. The zero-order valence-corrected chi connectivity index (χ0v) is 15.0. The molecule has 136 valence electrons. The maximum atomic E-state index is 12.9. The van der Waals surface area contributed by atoms with Gasteiger partial charge in [0.25, 0.3) is 11.6 Å². The summed E-state index contributed by atoms with van der Waals surface area (Å²) in [4.78, 5) is 17.4. The fraction of sp³-hybridized carbons (Fsp3) is 0.444. The second-order valence-electron chi connectivity index (χ2n) is 6.76. The van der Waals surface area contributed by atoms with Gasteiger partial charge in [-0.3, -0.25) is 9.48 Å². The summed E-state index contributed by atoms with van der Waals surface area (Å²) in [6.07, 6.45) is 4.00. The van der Waals surface area contributed by atoms with E-state index in [2.05, 4.69) is 20.6 Å². The van der Waals surface area contributed by atoms with Crippen molar-refractivity contribution >= 4 is 22.8 Å². The maximum Gasteiger partial charge on any atom is 0.259 e. The van der Waals surface area contributed by atoms with Crippen molar-refractivity contribution in [3.8, 4) is 0 Å². The first-order valence-electron chi connectivity index (χ1n) is 8.69. The second kappa shape index (κ2) is 6.53. The van der Waals surface area contributed by atoms with Gasteiger partial charge in [0.15, 0.2) is 5.82 Å². The topological polar surface area (TPSA) is 95.1 Å². The van der Waals surface area contributed by atoms with Crippen molar-refractivity contribution in [3.63, 3.8) is 0 Å². The van der Waals surface area contributed by atoms with Crippen molar-refractivity contribution in [2.24, 2.45) is 0 Å². The number of rotatable bonds is 6. The molecule has 1 saturated carbocycles. The summed E-state index contributed by atoms with van der Waals surface area (Å²) in [6.45, 7) is 4.35. The number of hydrogen-bond acceptors (Lipinski definition) is 6. The van der Waals surface area contributed by atoms with Crippen LogP contribution >= 0.6 is 0 Å². The SMILES string of the molecule is COCC(C)n1ccc(NC(=O)c2cc(C3CC3)nc3onc(C)c23)n1. The molecule has 3 aromatic heterocycles. The zero-order chi connectivity index (χ0) is 18.3. The van der Waals surface area contributed by atoms with Gasteiger partial charge in [-0.05, 0) is 32.8 Å². The minimum Gasteiger partial charge on any atom is -0.382 e. The van der Waals surface area contributed by atoms with Gasteiger partial charge in [-0.1, -0.05) is 5.16 Å². The molecule has 3 heterocycles. The molecule has 0 bridgehead atoms. The molecule has 1 aliphatic rings. The Balaban J connectivity index is 1.63. The molecule has 8 nitrogen and oxygen atoms in total. The summed E-state index contributed by atoms with van der Waals surface area (Å²) in [7, 11) is 1.65. The van der Waals surface area contributed by atoms with Gasteiger partial charge in [-0.25, -0.2) is 4.98 Å². The first-order chi connectivity index (χ1) is 12.6. The highest BCUT2D eigenvalue weighted by Gasteiger charge is 2.28. The molecule has 4 rings (SSSR count). The van der Waals surface area contributed by atoms with Crippen molar-refractivity contribution in [2.45, 2.75) is 38.6 Å². The Morgan fingerprint density at radius 1 is 1.50 bits per heavy atom. The lowest BCUT2D eigenvalue weighted by atomic mass is 10.1. The van der Waals surface area contributed by atoms with Crippen molar-refractivity contribution in [1.29, 1.82) is 0 Å². The summed E-state index contributed by atoms with van der Waals surface area (Å²) >= 11 is 0. The first-order valence-corrected chi connectivity index (χ1v) is 8.69. The number of hydrogen-bond donors (Lipinski definition) is 1. The summed E-state index contributed by atoms with van der Waals surface area (Å²) < 4.78 is 12.2. The average molecular weight is 355 g/mol. The van der Waals surface area contributed by atoms with Crippen LogP contribution in [0.15, 0.2) is 22.9 Å². The highest BCUT2D eigenvalue weighted by molar-refractivity contribution is 6.12. The number of methoxy groups -OCH3 is 1. The van der Waals surface area contributed by atoms with Crippen LogP contribution < -0.4 is 5.32 Å². The number of amides is 1. The summed E-state index contributed by atoms with van der Waals surface area (Å²) in [5, 5.41) is 11.9. The van der Waals surface area contributed by atoms with Crippen LogP contribution in [0.3, 0.4) is 0 Å². The zero-order valence-electron chi connectivity index (χ0n) is 15.0. The van der Waals surface area contributed by atoms with Crippen LogP contribution in [0.4, 0.5) is 5.82 Å². The quantitative estimate of drug-likeness (QED) is 0.730. The van der Waals surface area contributed by atoms with Crippen molar-refractivity contribution in [1.82, 2.24) is 19.9 Å². The van der Waals surface area contributed by atoms with Crippen LogP contribution in [-0.4, -0.2) is 39.5 Å². The number of carbonyl (C=O) groups excluding carboxylic acids is 1. The van der Waals surface area contributed by atoms with Crippen molar-refractivity contribution in [2.75, 3.05) is 19.0 Å². The fourth-order valence-corrected chi connectivity index (χ4v) is 3.03. The van der Waals surface area contributed by atoms with E-state index in [1.165, 1.54) is 0 Å². The van der Waals surface area contributed by atoms with Crippen LogP contribution in [0.25, 0.3) is 11.1 Å². The van der Waals surface area contributed by atoms with Crippen LogP contribution in [0.2, 0.25) is 0 Å². The molecule has 1 fully saturated rings. The van der Waals surface area contributed by atoms with E-state index in [4.69, 9.17) is 9.26 Å². The summed E-state index contributed by atoms with van der Waals surface area (Å²) in [5.41, 5.74) is 2.48. The Kier molecular flexibility index (Phi) is 4.20. The molecule has 0 saturated heterocycles. The molecule has 1 N–H and O–H groups in total. The molecule has 0 aromatic carbocycles. The minimum absolute atomic E-state index is 0.0834. The van der Waals surface area contributed by atoms with E-state index in [0.717, 1.165) is 18.5 Å². The molecule has 1 amide bonds. The monoisotopic (exact) mass is 355 g/mol. The Morgan fingerprint density at radius 3 is 3.04 bits per heavy atom. The van der Waals surface area contributed by atoms with Crippen LogP contribution in [0.5, 0.6) is 0 Å². The third-order valence-corrected chi connectivity index (χ3v) is 4.59. The number of aryl methyl sites for hydroxylation is 1. The molecular weight excluding hydrogens is 334 g/mol. The molecule has 0 spiro atoms. The molecule has 1 aliphatic carbocycles. The van der Waals surface area contributed by atoms with E-state index in [1.54, 1.807) is 17.9 Å². The number of ether oxygens (including phenoxy) is 1. The van der Waals surface area contributed by atoms with Gasteiger partial charge in [0.2, 0.25) is 0 Å². The molecular formula is C18H21N5O3. The number of carbonyl (C=O) groups is 1.